The Balaban J connectivity index is 3.17. The third kappa shape index (κ3) is 4.00. The molecule has 0 saturated carbocycles. The van der Waals surface area contributed by atoms with Crippen LogP contribution >= 0.6 is 0 Å². The maximum absolute atomic E-state index is 7.18. The highest BCUT2D eigenvalue weighted by Crippen LogP contribution is 2.15. The van der Waals surface area contributed by atoms with Crippen molar-refractivity contribution in [3.63, 3.8) is 0 Å². The van der Waals surface area contributed by atoms with E-state index in [1.807, 2.05) is 20.8 Å². The van der Waals surface area contributed by atoms with Gasteiger partial charge in [0.15, 0.2) is 0 Å². The van der Waals surface area contributed by atoms with Crippen molar-refractivity contribution >= 4 is 0 Å². The van der Waals surface area contributed by atoms with E-state index in [0.29, 0.717) is 0 Å². The van der Waals surface area contributed by atoms with Crippen LogP contribution in [-0.2, 0) is 0 Å². The van der Waals surface area contributed by atoms with Gasteiger partial charge in [0, 0.05) is 0 Å². The quantitative estimate of drug-likeness (QED) is 0.455. The minimum absolute atomic E-state index is 0.208. The molecule has 0 aromatic heterocycles. The maximum atomic E-state index is 7.18. The average Bonchev–Trinajstić information content (AvgIpc) is 1.35. The van der Waals surface area contributed by atoms with Crippen LogP contribution in [0.3, 0.4) is 0 Å². The zero-order valence-electron chi connectivity index (χ0n) is 4.71. The van der Waals surface area contributed by atoms with Gasteiger partial charge in [0.05, 0.1) is 0 Å². The topological polar surface area (TPSA) is 0 Å². The van der Waals surface area contributed by atoms with Crippen LogP contribution in [0, 0.1) is 12.3 Å². The summed E-state index contributed by atoms with van der Waals surface area (Å²) in [5.41, 5.74) is -0.208. The molecule has 0 heteroatoms. The van der Waals surface area contributed by atoms with Crippen LogP contribution in [0.4, 0.5) is 0 Å². The third-order valence-corrected chi connectivity index (χ3v) is 0.884. The second kappa shape index (κ2) is 1.63. The number of hydrogen-bond donors (Lipinski definition) is 0. The van der Waals surface area contributed by atoms with Gasteiger partial charge in [0.2, 0.25) is 0 Å². The van der Waals surface area contributed by atoms with Gasteiger partial charge in [-0.25, -0.2) is 0 Å². The van der Waals surface area contributed by atoms with Crippen LogP contribution in [0.5, 0.6) is 0 Å². The molecule has 35 valence electrons. The lowest BCUT2D eigenvalue weighted by Crippen LogP contribution is -2.00. The first kappa shape index (κ1) is 6.00. The highest BCUT2D eigenvalue weighted by molar-refractivity contribution is 4.66. The summed E-state index contributed by atoms with van der Waals surface area (Å²) in [5.74, 6) is 0. The van der Waals surface area contributed by atoms with Crippen molar-refractivity contribution in [1.29, 1.82) is 0 Å². The number of hydrogen-bond acceptors (Lipinski definition) is 0. The SMILES string of the molecule is [C]C(C)(C)CC. The highest BCUT2D eigenvalue weighted by Gasteiger charge is 2.04. The van der Waals surface area contributed by atoms with E-state index in [0.717, 1.165) is 6.42 Å². The lowest BCUT2D eigenvalue weighted by atomic mass is 9.94. The van der Waals surface area contributed by atoms with Crippen LogP contribution < -0.4 is 0 Å². The molecule has 0 fully saturated rings. The Morgan fingerprint density at radius 1 is 1.50 bits per heavy atom. The Kier molecular flexibility index (Phi) is 1.63. The van der Waals surface area contributed by atoms with E-state index >= 15 is 0 Å². The van der Waals surface area contributed by atoms with Gasteiger partial charge in [-0.3, -0.25) is 0 Å². The van der Waals surface area contributed by atoms with Crippen molar-refractivity contribution in [2.45, 2.75) is 27.2 Å². The molecule has 0 atom stereocenters. The summed E-state index contributed by atoms with van der Waals surface area (Å²) in [6.07, 6.45) is 0.938. The van der Waals surface area contributed by atoms with Crippen LogP contribution in [0.2, 0.25) is 0 Å². The molecule has 0 saturated heterocycles. The van der Waals surface area contributed by atoms with E-state index in [1.165, 1.54) is 0 Å². The molecular weight excluding hydrogens is 72.1 g/mol. The molecule has 3 radical (unpaired) electrons. The fourth-order valence-electron chi connectivity index (χ4n) is 0. The van der Waals surface area contributed by atoms with Crippen LogP contribution in [0.25, 0.3) is 0 Å². The van der Waals surface area contributed by atoms with Crippen LogP contribution in [0.15, 0.2) is 0 Å². The molecule has 0 aliphatic rings. The highest BCUT2D eigenvalue weighted by atomic mass is 14.1. The van der Waals surface area contributed by atoms with Gasteiger partial charge in [-0.1, -0.05) is 27.2 Å². The first-order valence-electron chi connectivity index (χ1n) is 2.31. The summed E-state index contributed by atoms with van der Waals surface area (Å²) in [4.78, 5) is 0. The molecule has 0 heterocycles. The Morgan fingerprint density at radius 2 is 1.67 bits per heavy atom. The smallest absolute Gasteiger partial charge is 0.00260 e. The minimum atomic E-state index is -0.208. The molecule has 0 nitrogen and oxygen atoms in total. The number of rotatable bonds is 1. The lowest BCUT2D eigenvalue weighted by Gasteiger charge is -2.11. The summed E-state index contributed by atoms with van der Waals surface area (Å²) in [6, 6.07) is 0. The third-order valence-electron chi connectivity index (χ3n) is 0.884. The summed E-state index contributed by atoms with van der Waals surface area (Å²) >= 11 is 0. The second-order valence-corrected chi connectivity index (χ2v) is 2.24. The zero-order chi connectivity index (χ0) is 5.21. The normalized spacial score (nSPS) is 12.0. The zero-order valence-corrected chi connectivity index (χ0v) is 4.71. The average molecular weight is 83.2 g/mol. The lowest BCUT2D eigenvalue weighted by molar-refractivity contribution is 0.457. The molecule has 0 aliphatic heterocycles. The molecule has 0 aromatic carbocycles. The van der Waals surface area contributed by atoms with Gasteiger partial charge >= 0.3 is 0 Å². The molecule has 0 rings (SSSR count). The molecule has 0 aliphatic carbocycles. The maximum Gasteiger partial charge on any atom is -0.00260 e. The van der Waals surface area contributed by atoms with E-state index in [4.69, 9.17) is 6.92 Å². The Labute approximate surface area is 40.6 Å². The molecule has 0 amide bonds. The molecule has 6 heavy (non-hydrogen) atoms. The fraction of sp³-hybridized carbons (Fsp3) is 0.833. The Morgan fingerprint density at radius 3 is 1.67 bits per heavy atom. The summed E-state index contributed by atoms with van der Waals surface area (Å²) in [5, 5.41) is 0. The largest absolute Gasteiger partial charge is 0.0649 e. The summed E-state index contributed by atoms with van der Waals surface area (Å²) < 4.78 is 0. The van der Waals surface area contributed by atoms with Gasteiger partial charge in [-0.2, -0.15) is 0 Å². The van der Waals surface area contributed by atoms with Crippen LogP contribution in [-0.4, -0.2) is 0 Å². The fourth-order valence-corrected chi connectivity index (χ4v) is 0. The molecule has 0 N–H and O–H groups in total. The molecule has 0 unspecified atom stereocenters. The van der Waals surface area contributed by atoms with E-state index in [2.05, 4.69) is 0 Å². The molecule has 0 spiro atoms. The van der Waals surface area contributed by atoms with Gasteiger partial charge in [0.25, 0.3) is 0 Å². The van der Waals surface area contributed by atoms with E-state index in [1.54, 1.807) is 0 Å². The van der Waals surface area contributed by atoms with E-state index < -0.39 is 0 Å². The van der Waals surface area contributed by atoms with Gasteiger partial charge in [0.1, 0.15) is 0 Å². The standard InChI is InChI=1S/C6H11/c1-5-6(2,3)4/h5H2,1-3H3. The van der Waals surface area contributed by atoms with Crippen molar-refractivity contribution in [2.24, 2.45) is 5.41 Å². The summed E-state index contributed by atoms with van der Waals surface area (Å²) in [6.45, 7) is 13.0. The Bertz CT molecular complexity index is 29.8. The molecule has 0 aromatic rings. The van der Waals surface area contributed by atoms with Gasteiger partial charge < -0.3 is 0 Å². The van der Waals surface area contributed by atoms with Crippen molar-refractivity contribution in [1.82, 2.24) is 0 Å². The summed E-state index contributed by atoms with van der Waals surface area (Å²) in [7, 11) is 0. The van der Waals surface area contributed by atoms with E-state index in [9.17, 15) is 0 Å². The minimum Gasteiger partial charge on any atom is -0.0649 e. The van der Waals surface area contributed by atoms with E-state index in [-0.39, 0.29) is 5.41 Å². The van der Waals surface area contributed by atoms with Crippen molar-refractivity contribution in [3.05, 3.63) is 6.92 Å². The second-order valence-electron chi connectivity index (χ2n) is 2.24. The predicted molar refractivity (Wildman–Crippen MR) is 27.3 cm³/mol. The monoisotopic (exact) mass is 83.1 g/mol. The van der Waals surface area contributed by atoms with Crippen molar-refractivity contribution in [3.8, 4) is 0 Å². The first-order chi connectivity index (χ1) is 2.56. The van der Waals surface area contributed by atoms with Crippen molar-refractivity contribution < 1.29 is 0 Å². The predicted octanol–water partition coefficient (Wildman–Crippen LogP) is 2.01. The van der Waals surface area contributed by atoms with Crippen molar-refractivity contribution in [2.75, 3.05) is 0 Å². The van der Waals surface area contributed by atoms with Gasteiger partial charge in [-0.15, -0.1) is 0 Å². The van der Waals surface area contributed by atoms with Gasteiger partial charge in [-0.05, 0) is 12.3 Å². The first-order valence-corrected chi connectivity index (χ1v) is 2.31. The van der Waals surface area contributed by atoms with Crippen LogP contribution in [0.1, 0.15) is 27.2 Å². The molecular formula is C6H11. The molecule has 0 bridgehead atoms. The Hall–Kier alpha value is 0.